The van der Waals surface area contributed by atoms with Crippen LogP contribution >= 0.6 is 0 Å². The van der Waals surface area contributed by atoms with E-state index in [0.29, 0.717) is 13.0 Å². The van der Waals surface area contributed by atoms with Crippen LogP contribution in [0.25, 0.3) is 0 Å². The molecular formula is C12H22N2O5. The van der Waals surface area contributed by atoms with Crippen molar-refractivity contribution in [1.29, 1.82) is 0 Å². The summed E-state index contributed by atoms with van der Waals surface area (Å²) in [5.41, 5.74) is 0. The van der Waals surface area contributed by atoms with E-state index >= 15 is 0 Å². The molecular weight excluding hydrogens is 252 g/mol. The molecule has 1 rings (SSSR count). The van der Waals surface area contributed by atoms with E-state index in [1.807, 2.05) is 13.8 Å². The Morgan fingerprint density at radius 1 is 1.42 bits per heavy atom. The summed E-state index contributed by atoms with van der Waals surface area (Å²) in [6.07, 6.45) is 0.495. The van der Waals surface area contributed by atoms with Crippen LogP contribution in [0.4, 0.5) is 4.79 Å². The van der Waals surface area contributed by atoms with Crippen LogP contribution in [0.2, 0.25) is 0 Å². The molecule has 2 amide bonds. The van der Waals surface area contributed by atoms with Gasteiger partial charge in [0.25, 0.3) is 0 Å². The fourth-order valence-corrected chi connectivity index (χ4v) is 2.02. The summed E-state index contributed by atoms with van der Waals surface area (Å²) in [6.45, 7) is 4.53. The van der Waals surface area contributed by atoms with Gasteiger partial charge in [-0.2, -0.15) is 0 Å². The quantitative estimate of drug-likeness (QED) is 0.627. The highest BCUT2D eigenvalue weighted by atomic mass is 16.5. The van der Waals surface area contributed by atoms with E-state index in [4.69, 9.17) is 14.9 Å². The summed E-state index contributed by atoms with van der Waals surface area (Å²) in [5.74, 6) is -1.66. The second-order valence-corrected chi connectivity index (χ2v) is 4.90. The molecule has 3 N–H and O–H groups in total. The number of carbonyl (C=O) groups excluding carboxylic acids is 1. The van der Waals surface area contributed by atoms with Crippen LogP contribution in [-0.2, 0) is 9.53 Å². The zero-order valence-corrected chi connectivity index (χ0v) is 11.3. The number of carboxylic acid groups (broad SMARTS) is 1. The molecule has 7 nitrogen and oxygen atoms in total. The van der Waals surface area contributed by atoms with Crippen molar-refractivity contribution in [3.8, 4) is 0 Å². The van der Waals surface area contributed by atoms with E-state index < -0.39 is 17.9 Å². The first kappa shape index (κ1) is 15.7. The number of hydrogen-bond acceptors (Lipinski definition) is 4. The summed E-state index contributed by atoms with van der Waals surface area (Å²) >= 11 is 0. The number of aliphatic carboxylic acids is 1. The lowest BCUT2D eigenvalue weighted by molar-refractivity contribution is -0.142. The van der Waals surface area contributed by atoms with Crippen molar-refractivity contribution in [3.05, 3.63) is 0 Å². The maximum Gasteiger partial charge on any atom is 0.317 e. The van der Waals surface area contributed by atoms with E-state index in [1.54, 1.807) is 4.90 Å². The molecule has 0 bridgehead atoms. The smallest absolute Gasteiger partial charge is 0.317 e. The van der Waals surface area contributed by atoms with Crippen molar-refractivity contribution < 1.29 is 24.5 Å². The molecule has 7 heteroatoms. The van der Waals surface area contributed by atoms with Crippen LogP contribution in [-0.4, -0.2) is 65.6 Å². The molecule has 19 heavy (non-hydrogen) atoms. The second kappa shape index (κ2) is 7.30. The molecule has 0 aromatic carbocycles. The number of amides is 2. The third-order valence-electron chi connectivity index (χ3n) is 3.15. The molecule has 1 fully saturated rings. The highest BCUT2D eigenvalue weighted by Crippen LogP contribution is 2.14. The fraction of sp³-hybridized carbons (Fsp3) is 0.833. The Balaban J connectivity index is 2.58. The topological polar surface area (TPSA) is 99.1 Å². The number of nitrogens with zero attached hydrogens (tertiary/aromatic N) is 1. The van der Waals surface area contributed by atoms with Crippen molar-refractivity contribution >= 4 is 12.0 Å². The molecule has 1 aliphatic rings. The van der Waals surface area contributed by atoms with Gasteiger partial charge in [-0.05, 0) is 20.3 Å². The van der Waals surface area contributed by atoms with Gasteiger partial charge in [-0.3, -0.25) is 4.79 Å². The van der Waals surface area contributed by atoms with Gasteiger partial charge in [0.05, 0.1) is 19.3 Å². The Morgan fingerprint density at radius 3 is 2.63 bits per heavy atom. The molecule has 1 saturated heterocycles. The van der Waals surface area contributed by atoms with E-state index in [-0.39, 0.29) is 31.9 Å². The summed E-state index contributed by atoms with van der Waals surface area (Å²) in [5, 5.41) is 20.5. The molecule has 110 valence electrons. The Bertz CT molecular complexity index is 321. The Morgan fingerprint density at radius 2 is 2.11 bits per heavy atom. The lowest BCUT2D eigenvalue weighted by atomic mass is 10.0. The predicted molar refractivity (Wildman–Crippen MR) is 67.8 cm³/mol. The number of aliphatic hydroxyl groups excluding tert-OH is 1. The average molecular weight is 274 g/mol. The first-order valence-electron chi connectivity index (χ1n) is 6.46. The maximum absolute atomic E-state index is 12.1. The van der Waals surface area contributed by atoms with E-state index in [9.17, 15) is 9.59 Å². The lowest BCUT2D eigenvalue weighted by Crippen LogP contribution is -2.51. The molecule has 0 aromatic heterocycles. The Hall–Kier alpha value is -1.34. The number of nitrogens with one attached hydrogen (secondary N) is 1. The van der Waals surface area contributed by atoms with Crippen molar-refractivity contribution in [1.82, 2.24) is 10.2 Å². The lowest BCUT2D eigenvalue weighted by Gasteiger charge is -2.28. The van der Waals surface area contributed by atoms with Crippen molar-refractivity contribution in [2.45, 2.75) is 32.4 Å². The largest absolute Gasteiger partial charge is 0.481 e. The summed E-state index contributed by atoms with van der Waals surface area (Å²) in [6, 6.07) is -0.831. The van der Waals surface area contributed by atoms with Crippen LogP contribution in [0.3, 0.4) is 0 Å². The molecule has 0 radical (unpaired) electrons. The molecule has 2 atom stereocenters. The van der Waals surface area contributed by atoms with Crippen molar-refractivity contribution in [2.24, 2.45) is 5.92 Å². The minimum absolute atomic E-state index is 0.0147. The van der Waals surface area contributed by atoms with Crippen molar-refractivity contribution in [3.63, 3.8) is 0 Å². The molecule has 1 aliphatic heterocycles. The highest BCUT2D eigenvalue weighted by molar-refractivity contribution is 5.77. The van der Waals surface area contributed by atoms with Gasteiger partial charge in [0.2, 0.25) is 0 Å². The summed E-state index contributed by atoms with van der Waals surface area (Å²) < 4.78 is 5.10. The predicted octanol–water partition coefficient (Wildman–Crippen LogP) is -0.112. The monoisotopic (exact) mass is 274 g/mol. The SMILES string of the molecule is CC(C)N(CCCO)C(=O)NC1COCC1C(=O)O. The number of carboxylic acids is 1. The number of rotatable bonds is 6. The van der Waals surface area contributed by atoms with Crippen LogP contribution < -0.4 is 5.32 Å². The average Bonchev–Trinajstić information content (AvgIpc) is 2.77. The van der Waals surface area contributed by atoms with Crippen LogP contribution in [0.15, 0.2) is 0 Å². The second-order valence-electron chi connectivity index (χ2n) is 4.90. The van der Waals surface area contributed by atoms with Crippen LogP contribution in [0, 0.1) is 5.92 Å². The van der Waals surface area contributed by atoms with Gasteiger partial charge >= 0.3 is 12.0 Å². The van der Waals surface area contributed by atoms with E-state index in [1.165, 1.54) is 0 Å². The number of aliphatic hydroxyl groups is 1. The van der Waals surface area contributed by atoms with Gasteiger partial charge in [-0.25, -0.2) is 4.79 Å². The molecule has 1 heterocycles. The van der Waals surface area contributed by atoms with Gasteiger partial charge in [-0.15, -0.1) is 0 Å². The molecule has 0 spiro atoms. The Kier molecular flexibility index (Phi) is 6.04. The molecule has 0 aromatic rings. The van der Waals surface area contributed by atoms with Gasteiger partial charge in [0.1, 0.15) is 5.92 Å². The zero-order valence-electron chi connectivity index (χ0n) is 11.3. The zero-order chi connectivity index (χ0) is 14.4. The van der Waals surface area contributed by atoms with Gasteiger partial charge in [-0.1, -0.05) is 0 Å². The van der Waals surface area contributed by atoms with Gasteiger partial charge < -0.3 is 25.2 Å². The highest BCUT2D eigenvalue weighted by Gasteiger charge is 2.36. The first-order chi connectivity index (χ1) is 8.97. The summed E-state index contributed by atoms with van der Waals surface area (Å²) in [7, 11) is 0. The molecule has 2 unspecified atom stereocenters. The third kappa shape index (κ3) is 4.36. The van der Waals surface area contributed by atoms with E-state index in [2.05, 4.69) is 5.32 Å². The minimum atomic E-state index is -0.964. The first-order valence-corrected chi connectivity index (χ1v) is 6.46. The molecule has 0 aliphatic carbocycles. The third-order valence-corrected chi connectivity index (χ3v) is 3.15. The maximum atomic E-state index is 12.1. The summed E-state index contributed by atoms with van der Waals surface area (Å²) in [4.78, 5) is 24.7. The minimum Gasteiger partial charge on any atom is -0.481 e. The molecule has 0 saturated carbocycles. The van der Waals surface area contributed by atoms with Crippen molar-refractivity contribution in [2.75, 3.05) is 26.4 Å². The van der Waals surface area contributed by atoms with Crippen LogP contribution in [0.1, 0.15) is 20.3 Å². The fourth-order valence-electron chi connectivity index (χ4n) is 2.02. The number of ether oxygens (including phenoxy) is 1. The standard InChI is InChI=1S/C12H22N2O5/c1-8(2)14(4-3-5-15)12(18)13-10-7-19-6-9(10)11(16)17/h8-10,15H,3-7H2,1-2H3,(H,13,18)(H,16,17). The Labute approximate surface area is 112 Å². The van der Waals surface area contributed by atoms with E-state index in [0.717, 1.165) is 0 Å². The van der Waals surface area contributed by atoms with Gasteiger partial charge in [0.15, 0.2) is 0 Å². The number of hydrogen-bond donors (Lipinski definition) is 3. The number of urea groups is 1. The van der Waals surface area contributed by atoms with Crippen LogP contribution in [0.5, 0.6) is 0 Å². The normalized spacial score (nSPS) is 22.5. The van der Waals surface area contributed by atoms with Gasteiger partial charge in [0, 0.05) is 19.2 Å². The number of carbonyl (C=O) groups is 2.